The van der Waals surface area contributed by atoms with Crippen molar-refractivity contribution in [3.63, 3.8) is 0 Å². The molecule has 0 saturated heterocycles. The second kappa shape index (κ2) is 5.77. The van der Waals surface area contributed by atoms with E-state index in [9.17, 15) is 13.6 Å². The Hall–Kier alpha value is -3.08. The third kappa shape index (κ3) is 2.58. The zero-order chi connectivity index (χ0) is 17.6. The molecule has 0 amide bonds. The van der Waals surface area contributed by atoms with Gasteiger partial charge in [0.25, 0.3) is 0 Å². The lowest BCUT2D eigenvalue weighted by Crippen LogP contribution is -2.09. The Kier molecular flexibility index (Phi) is 3.57. The molecule has 0 radical (unpaired) electrons. The Labute approximate surface area is 143 Å². The van der Waals surface area contributed by atoms with Crippen molar-refractivity contribution < 1.29 is 13.6 Å². The number of halogens is 2. The van der Waals surface area contributed by atoms with Crippen LogP contribution in [-0.2, 0) is 6.54 Å². The number of hydrogen-bond acceptors (Lipinski definition) is 2. The zero-order valence-corrected chi connectivity index (χ0v) is 13.5. The Morgan fingerprint density at radius 1 is 1.12 bits per heavy atom. The summed E-state index contributed by atoms with van der Waals surface area (Å²) in [7, 11) is 0. The van der Waals surface area contributed by atoms with Gasteiger partial charge in [0.15, 0.2) is 5.78 Å². The molecule has 2 heterocycles. The van der Waals surface area contributed by atoms with Gasteiger partial charge < -0.3 is 4.57 Å². The van der Waals surface area contributed by atoms with Crippen molar-refractivity contribution in [3.8, 4) is 5.69 Å². The molecule has 0 spiro atoms. The fourth-order valence-electron chi connectivity index (χ4n) is 3.09. The first-order valence-electron chi connectivity index (χ1n) is 7.86. The number of benzene rings is 2. The molecule has 1 aliphatic rings. The molecule has 0 N–H and O–H groups in total. The van der Waals surface area contributed by atoms with Crippen molar-refractivity contribution >= 4 is 11.5 Å². The fourth-order valence-corrected chi connectivity index (χ4v) is 3.09. The molecule has 0 bridgehead atoms. The average Bonchev–Trinajstić information content (AvgIpc) is 3.00. The number of hydrogen-bond donors (Lipinski definition) is 0. The topological polar surface area (TPSA) is 34.4 Å². The van der Waals surface area contributed by atoms with Gasteiger partial charge in [-0.1, -0.05) is 24.3 Å². The van der Waals surface area contributed by atoms with E-state index in [-0.39, 0.29) is 12.3 Å². The highest BCUT2D eigenvalue weighted by atomic mass is 19.1. The van der Waals surface area contributed by atoms with Gasteiger partial charge in [0.1, 0.15) is 11.6 Å². The van der Waals surface area contributed by atoms with Crippen LogP contribution in [0.4, 0.5) is 8.78 Å². The molecular formula is C20H14F2N2O. The van der Waals surface area contributed by atoms with Crippen LogP contribution in [0.5, 0.6) is 0 Å². The molecule has 25 heavy (non-hydrogen) atoms. The molecule has 0 unspecified atom stereocenters. The van der Waals surface area contributed by atoms with Crippen LogP contribution in [0, 0.1) is 11.6 Å². The van der Waals surface area contributed by atoms with E-state index >= 15 is 0 Å². The summed E-state index contributed by atoms with van der Waals surface area (Å²) in [6.45, 7) is 1.63. The lowest BCUT2D eigenvalue weighted by molar-refractivity contribution is 0.101. The smallest absolute Gasteiger partial charge is 0.159 e. The lowest BCUT2D eigenvalue weighted by Gasteiger charge is -2.11. The third-order valence-electron chi connectivity index (χ3n) is 4.35. The molecule has 0 fully saturated rings. The van der Waals surface area contributed by atoms with E-state index in [0.717, 1.165) is 17.3 Å². The number of Topliss-reactive ketones (excluding diaryl/α,β-unsaturated/α-hetero) is 1. The zero-order valence-electron chi connectivity index (χ0n) is 13.5. The third-order valence-corrected chi connectivity index (χ3v) is 4.35. The molecule has 0 atom stereocenters. The van der Waals surface area contributed by atoms with E-state index in [1.807, 2.05) is 24.3 Å². The van der Waals surface area contributed by atoms with Crippen molar-refractivity contribution in [3.05, 3.63) is 88.7 Å². The van der Waals surface area contributed by atoms with Crippen molar-refractivity contribution in [2.75, 3.05) is 0 Å². The summed E-state index contributed by atoms with van der Waals surface area (Å²) < 4.78 is 29.7. The number of aromatic nitrogens is 1. The second-order valence-electron chi connectivity index (χ2n) is 5.95. The lowest BCUT2D eigenvalue weighted by atomic mass is 10.0. The Morgan fingerprint density at radius 3 is 2.60 bits per heavy atom. The van der Waals surface area contributed by atoms with Crippen molar-refractivity contribution in [2.45, 2.75) is 13.5 Å². The first kappa shape index (κ1) is 15.4. The van der Waals surface area contributed by atoms with Crippen LogP contribution in [0.2, 0.25) is 0 Å². The van der Waals surface area contributed by atoms with Crippen LogP contribution in [0.3, 0.4) is 0 Å². The van der Waals surface area contributed by atoms with E-state index < -0.39 is 11.6 Å². The number of carbonyl (C=O) groups is 1. The van der Waals surface area contributed by atoms with E-state index in [0.29, 0.717) is 22.5 Å². The van der Waals surface area contributed by atoms with Crippen LogP contribution >= 0.6 is 0 Å². The summed E-state index contributed by atoms with van der Waals surface area (Å²) >= 11 is 0. The van der Waals surface area contributed by atoms with Gasteiger partial charge in [0.05, 0.1) is 23.6 Å². The largest absolute Gasteiger partial charge is 0.315 e. The summed E-state index contributed by atoms with van der Waals surface area (Å²) in [4.78, 5) is 16.0. The SMILES string of the molecule is CC(=O)c1ccc(C2=NCc3c(F)cc(F)cc3-n3cccc32)cc1. The van der Waals surface area contributed by atoms with Crippen molar-refractivity contribution in [1.29, 1.82) is 0 Å². The van der Waals surface area contributed by atoms with Gasteiger partial charge in [0, 0.05) is 29.0 Å². The second-order valence-corrected chi connectivity index (χ2v) is 5.95. The van der Waals surface area contributed by atoms with Gasteiger partial charge in [-0.25, -0.2) is 8.78 Å². The number of carbonyl (C=O) groups excluding carboxylic acids is 1. The van der Waals surface area contributed by atoms with E-state index in [2.05, 4.69) is 4.99 Å². The molecule has 0 aliphatic carbocycles. The molecule has 1 aliphatic heterocycles. The first-order valence-corrected chi connectivity index (χ1v) is 7.86. The van der Waals surface area contributed by atoms with Gasteiger partial charge in [0.2, 0.25) is 0 Å². The number of rotatable bonds is 2. The molecule has 3 aromatic rings. The highest BCUT2D eigenvalue weighted by Crippen LogP contribution is 2.28. The van der Waals surface area contributed by atoms with Crippen LogP contribution in [0.1, 0.15) is 34.1 Å². The molecule has 3 nitrogen and oxygen atoms in total. The van der Waals surface area contributed by atoms with Gasteiger partial charge in [-0.3, -0.25) is 9.79 Å². The van der Waals surface area contributed by atoms with Crippen LogP contribution in [0.15, 0.2) is 59.7 Å². The predicted molar refractivity (Wildman–Crippen MR) is 91.5 cm³/mol. The maximum Gasteiger partial charge on any atom is 0.159 e. The minimum Gasteiger partial charge on any atom is -0.315 e. The van der Waals surface area contributed by atoms with Gasteiger partial charge in [-0.05, 0) is 25.1 Å². The van der Waals surface area contributed by atoms with Crippen LogP contribution < -0.4 is 0 Å². The highest BCUT2D eigenvalue weighted by Gasteiger charge is 2.21. The maximum atomic E-state index is 14.2. The van der Waals surface area contributed by atoms with E-state index in [1.165, 1.54) is 13.0 Å². The number of fused-ring (bicyclic) bond motifs is 3. The molecule has 0 saturated carbocycles. The highest BCUT2D eigenvalue weighted by molar-refractivity contribution is 6.13. The van der Waals surface area contributed by atoms with Crippen molar-refractivity contribution in [1.82, 2.24) is 4.57 Å². The normalized spacial score (nSPS) is 12.8. The standard InChI is InChI=1S/C20H14F2N2O/c1-12(25)13-4-6-14(7-5-13)20-18-3-2-8-24(18)19-10-15(21)9-17(22)16(19)11-23-20/h2-10H,11H2,1H3. The Morgan fingerprint density at radius 2 is 1.88 bits per heavy atom. The summed E-state index contributed by atoms with van der Waals surface area (Å²) in [6, 6.07) is 13.0. The molecule has 2 aromatic carbocycles. The molecule has 124 valence electrons. The van der Waals surface area contributed by atoms with E-state index in [1.54, 1.807) is 22.9 Å². The monoisotopic (exact) mass is 336 g/mol. The first-order chi connectivity index (χ1) is 12.0. The minimum atomic E-state index is -0.620. The summed E-state index contributed by atoms with van der Waals surface area (Å²) in [6.07, 6.45) is 1.76. The van der Waals surface area contributed by atoms with Gasteiger partial charge >= 0.3 is 0 Å². The van der Waals surface area contributed by atoms with Gasteiger partial charge in [-0.15, -0.1) is 0 Å². The fraction of sp³-hybridized carbons (Fsp3) is 0.100. The average molecular weight is 336 g/mol. The predicted octanol–water partition coefficient (Wildman–Crippen LogP) is 4.31. The summed E-state index contributed by atoms with van der Waals surface area (Å²) in [5, 5.41) is 0. The summed E-state index contributed by atoms with van der Waals surface area (Å²) in [5.41, 5.74) is 3.67. The van der Waals surface area contributed by atoms with Crippen LogP contribution in [-0.4, -0.2) is 16.1 Å². The number of aliphatic imine (C=N–C) groups is 1. The van der Waals surface area contributed by atoms with E-state index in [4.69, 9.17) is 0 Å². The molecule has 4 rings (SSSR count). The maximum absolute atomic E-state index is 14.2. The number of nitrogens with zero attached hydrogens (tertiary/aromatic N) is 2. The van der Waals surface area contributed by atoms with Crippen molar-refractivity contribution in [2.24, 2.45) is 4.99 Å². The Bertz CT molecular complexity index is 1020. The molecular weight excluding hydrogens is 322 g/mol. The summed E-state index contributed by atoms with van der Waals surface area (Å²) in [5.74, 6) is -1.24. The quantitative estimate of drug-likeness (QED) is 0.642. The minimum absolute atomic E-state index is 0.0114. The number of ketones is 1. The van der Waals surface area contributed by atoms with Gasteiger partial charge in [-0.2, -0.15) is 0 Å². The van der Waals surface area contributed by atoms with Crippen LogP contribution in [0.25, 0.3) is 5.69 Å². The molecule has 5 heteroatoms. The molecule has 1 aromatic heterocycles. The Balaban J connectivity index is 1.88.